The third kappa shape index (κ3) is 3.62. The summed E-state index contributed by atoms with van der Waals surface area (Å²) >= 11 is 6.28. The molecule has 4 nitrogen and oxygen atoms in total. The summed E-state index contributed by atoms with van der Waals surface area (Å²) in [6.45, 7) is 7.25. The predicted octanol–water partition coefficient (Wildman–Crippen LogP) is 2.82. The predicted molar refractivity (Wildman–Crippen MR) is 82.0 cm³/mol. The van der Waals surface area contributed by atoms with Crippen LogP contribution in [0.5, 0.6) is 0 Å². The first kappa shape index (κ1) is 15.1. The Bertz CT molecular complexity index is 495. The van der Waals surface area contributed by atoms with Gasteiger partial charge in [0.25, 0.3) is 0 Å². The molecule has 0 amide bonds. The van der Waals surface area contributed by atoms with Crippen LogP contribution in [0.15, 0.2) is 12.3 Å². The normalized spacial score (nSPS) is 19.1. The second kappa shape index (κ2) is 6.92. The molecule has 1 aliphatic rings. The van der Waals surface area contributed by atoms with Crippen molar-refractivity contribution in [2.45, 2.75) is 32.7 Å². The number of hydrogen-bond acceptors (Lipinski definition) is 4. The third-order valence-electron chi connectivity index (χ3n) is 3.62. The van der Waals surface area contributed by atoms with Gasteiger partial charge in [0.2, 0.25) is 0 Å². The Morgan fingerprint density at radius 3 is 3.10 bits per heavy atom. The van der Waals surface area contributed by atoms with Gasteiger partial charge in [-0.05, 0) is 31.4 Å². The van der Waals surface area contributed by atoms with Gasteiger partial charge in [0.15, 0.2) is 0 Å². The van der Waals surface area contributed by atoms with Gasteiger partial charge < -0.3 is 10.2 Å². The first-order valence-corrected chi connectivity index (χ1v) is 7.52. The Kier molecular flexibility index (Phi) is 5.22. The molecule has 2 rings (SSSR count). The maximum atomic E-state index is 9.05. The molecule has 0 aromatic carbocycles. The largest absolute Gasteiger partial charge is 0.355 e. The monoisotopic (exact) mass is 292 g/mol. The van der Waals surface area contributed by atoms with Gasteiger partial charge in [-0.3, -0.25) is 0 Å². The molecule has 1 aromatic rings. The van der Waals surface area contributed by atoms with Crippen molar-refractivity contribution in [2.75, 3.05) is 24.5 Å². The first-order valence-electron chi connectivity index (χ1n) is 7.14. The van der Waals surface area contributed by atoms with Crippen LogP contribution in [0.4, 0.5) is 5.82 Å². The maximum absolute atomic E-state index is 9.05. The van der Waals surface area contributed by atoms with Gasteiger partial charge in [0.05, 0.1) is 5.56 Å². The number of anilines is 1. The van der Waals surface area contributed by atoms with E-state index in [0.29, 0.717) is 22.5 Å². The number of pyridine rings is 1. The highest BCUT2D eigenvalue weighted by atomic mass is 35.5. The topological polar surface area (TPSA) is 52.0 Å². The molecule has 1 unspecified atom stereocenters. The van der Waals surface area contributed by atoms with Crippen LogP contribution in [0, 0.1) is 17.2 Å². The van der Waals surface area contributed by atoms with Gasteiger partial charge in [-0.25, -0.2) is 4.98 Å². The number of aromatic nitrogens is 1. The summed E-state index contributed by atoms with van der Waals surface area (Å²) in [6, 6.07) is 4.28. The van der Waals surface area contributed by atoms with Crippen molar-refractivity contribution < 1.29 is 0 Å². The molecule has 0 radical (unpaired) electrons. The van der Waals surface area contributed by atoms with E-state index in [-0.39, 0.29) is 0 Å². The summed E-state index contributed by atoms with van der Waals surface area (Å²) in [5.74, 6) is 1.36. The minimum atomic E-state index is 0.479. The third-order valence-corrected chi connectivity index (χ3v) is 4.00. The van der Waals surface area contributed by atoms with Crippen molar-refractivity contribution in [3.8, 4) is 6.07 Å². The number of piperidine rings is 1. The molecule has 5 heteroatoms. The van der Waals surface area contributed by atoms with Crippen LogP contribution in [0.25, 0.3) is 0 Å². The number of nitrogens with zero attached hydrogens (tertiary/aromatic N) is 3. The van der Waals surface area contributed by atoms with E-state index in [0.717, 1.165) is 31.9 Å². The van der Waals surface area contributed by atoms with Gasteiger partial charge in [0, 0.05) is 25.3 Å². The summed E-state index contributed by atoms with van der Waals surface area (Å²) < 4.78 is 0. The minimum Gasteiger partial charge on any atom is -0.355 e. The average Bonchev–Trinajstić information content (AvgIpc) is 2.45. The van der Waals surface area contributed by atoms with E-state index in [9.17, 15) is 0 Å². The van der Waals surface area contributed by atoms with Gasteiger partial charge >= 0.3 is 0 Å². The zero-order valence-corrected chi connectivity index (χ0v) is 12.8. The molecule has 20 heavy (non-hydrogen) atoms. The van der Waals surface area contributed by atoms with Crippen LogP contribution < -0.4 is 10.2 Å². The molecule has 108 valence electrons. The minimum absolute atomic E-state index is 0.479. The molecule has 0 aliphatic carbocycles. The fourth-order valence-corrected chi connectivity index (χ4v) is 2.84. The van der Waals surface area contributed by atoms with E-state index in [2.05, 4.69) is 35.1 Å². The van der Waals surface area contributed by atoms with Crippen LogP contribution in [0.2, 0.25) is 5.02 Å². The summed E-state index contributed by atoms with van der Waals surface area (Å²) in [5, 5.41) is 13.0. The van der Waals surface area contributed by atoms with Crippen molar-refractivity contribution in [1.29, 1.82) is 5.26 Å². The molecule has 1 N–H and O–H groups in total. The highest BCUT2D eigenvalue weighted by Gasteiger charge is 2.23. The Hall–Kier alpha value is -1.31. The summed E-state index contributed by atoms with van der Waals surface area (Å²) in [5.41, 5.74) is 0.499. The van der Waals surface area contributed by atoms with Crippen molar-refractivity contribution >= 4 is 17.4 Å². The van der Waals surface area contributed by atoms with Crippen LogP contribution in [0.1, 0.15) is 32.3 Å². The standard InChI is InChI=1S/C15H21ClN4/c1-11(2)19-9-12-4-3-7-20(10-12)15-14(16)13(8-17)5-6-18-15/h5-6,11-12,19H,3-4,7,9-10H2,1-2H3. The summed E-state index contributed by atoms with van der Waals surface area (Å²) in [4.78, 5) is 6.57. The molecule has 1 aromatic heterocycles. The number of nitrogens with one attached hydrogen (secondary N) is 1. The Morgan fingerprint density at radius 1 is 1.60 bits per heavy atom. The van der Waals surface area contributed by atoms with Gasteiger partial charge in [-0.15, -0.1) is 0 Å². The highest BCUT2D eigenvalue weighted by Crippen LogP contribution is 2.29. The second-order valence-corrected chi connectivity index (χ2v) is 6.00. The van der Waals surface area contributed by atoms with Crippen molar-refractivity contribution in [3.63, 3.8) is 0 Å². The summed E-state index contributed by atoms with van der Waals surface area (Å²) in [6.07, 6.45) is 4.03. The number of rotatable bonds is 4. The van der Waals surface area contributed by atoms with Gasteiger partial charge in [0.1, 0.15) is 16.9 Å². The molecule has 1 atom stereocenters. The van der Waals surface area contributed by atoms with Gasteiger partial charge in [-0.1, -0.05) is 25.4 Å². The summed E-state index contributed by atoms with van der Waals surface area (Å²) in [7, 11) is 0. The second-order valence-electron chi connectivity index (χ2n) is 5.63. The molecule has 2 heterocycles. The van der Waals surface area contributed by atoms with Crippen molar-refractivity contribution in [2.24, 2.45) is 5.92 Å². The van der Waals surface area contributed by atoms with Crippen LogP contribution in [-0.4, -0.2) is 30.7 Å². The average molecular weight is 293 g/mol. The van der Waals surface area contributed by atoms with Crippen LogP contribution in [0.3, 0.4) is 0 Å². The van der Waals surface area contributed by atoms with Crippen molar-refractivity contribution in [1.82, 2.24) is 10.3 Å². The number of nitriles is 1. The number of halogens is 1. The van der Waals surface area contributed by atoms with E-state index in [1.807, 2.05) is 0 Å². The Morgan fingerprint density at radius 2 is 2.40 bits per heavy atom. The SMILES string of the molecule is CC(C)NCC1CCCN(c2nccc(C#N)c2Cl)C1. The van der Waals surface area contributed by atoms with E-state index in [4.69, 9.17) is 16.9 Å². The quantitative estimate of drug-likeness (QED) is 0.927. The molecular weight excluding hydrogens is 272 g/mol. The first-order chi connectivity index (χ1) is 9.61. The highest BCUT2D eigenvalue weighted by molar-refractivity contribution is 6.34. The van der Waals surface area contributed by atoms with E-state index in [1.165, 1.54) is 6.42 Å². The van der Waals surface area contributed by atoms with Crippen LogP contribution in [-0.2, 0) is 0 Å². The molecule has 0 spiro atoms. The molecule has 0 saturated carbocycles. The lowest BCUT2D eigenvalue weighted by molar-refractivity contribution is 0.378. The zero-order valence-electron chi connectivity index (χ0n) is 12.1. The maximum Gasteiger partial charge on any atom is 0.148 e. The smallest absolute Gasteiger partial charge is 0.148 e. The lowest BCUT2D eigenvalue weighted by Crippen LogP contribution is -2.41. The molecule has 1 fully saturated rings. The van der Waals surface area contributed by atoms with E-state index in [1.54, 1.807) is 12.3 Å². The molecule has 0 bridgehead atoms. The Balaban J connectivity index is 2.07. The van der Waals surface area contributed by atoms with E-state index >= 15 is 0 Å². The Labute approximate surface area is 125 Å². The number of hydrogen-bond donors (Lipinski definition) is 1. The zero-order chi connectivity index (χ0) is 14.5. The molecule has 1 saturated heterocycles. The van der Waals surface area contributed by atoms with Gasteiger partial charge in [-0.2, -0.15) is 5.26 Å². The van der Waals surface area contributed by atoms with E-state index < -0.39 is 0 Å². The fraction of sp³-hybridized carbons (Fsp3) is 0.600. The lowest BCUT2D eigenvalue weighted by Gasteiger charge is -2.34. The fourth-order valence-electron chi connectivity index (χ4n) is 2.57. The molecular formula is C15H21ClN4. The van der Waals surface area contributed by atoms with Crippen LogP contribution >= 0.6 is 11.6 Å². The lowest BCUT2D eigenvalue weighted by atomic mass is 9.97. The molecule has 1 aliphatic heterocycles. The van der Waals surface area contributed by atoms with Crippen molar-refractivity contribution in [3.05, 3.63) is 22.8 Å².